The van der Waals surface area contributed by atoms with Crippen molar-refractivity contribution in [2.45, 2.75) is 13.2 Å². The average Bonchev–Trinajstić information content (AvgIpc) is 3.21. The van der Waals surface area contributed by atoms with E-state index in [2.05, 4.69) is 10.3 Å². The van der Waals surface area contributed by atoms with Gasteiger partial charge in [0.05, 0.1) is 20.3 Å². The third-order valence-corrected chi connectivity index (χ3v) is 4.46. The minimum atomic E-state index is -0.193. The number of thiazole rings is 1. The van der Waals surface area contributed by atoms with E-state index in [1.165, 1.54) is 17.4 Å². The second kappa shape index (κ2) is 9.66. The molecular formula is C21H20N2O3S. The normalized spacial score (nSPS) is 10.9. The summed E-state index contributed by atoms with van der Waals surface area (Å²) in [6, 6.07) is 15.4. The summed E-state index contributed by atoms with van der Waals surface area (Å²) >= 11 is 1.48. The average molecular weight is 380 g/mol. The van der Waals surface area contributed by atoms with Gasteiger partial charge in [0.25, 0.3) is 0 Å². The first-order valence-corrected chi connectivity index (χ1v) is 9.29. The maximum Gasteiger partial charge on any atom is 0.248 e. The molecule has 0 spiro atoms. The summed E-state index contributed by atoms with van der Waals surface area (Å²) in [5, 5.41) is 5.51. The Bertz CT molecular complexity index is 890. The number of rotatable bonds is 8. The first kappa shape index (κ1) is 18.8. The Morgan fingerprint density at radius 2 is 1.96 bits per heavy atom. The quantitative estimate of drug-likeness (QED) is 0.584. The predicted molar refractivity (Wildman–Crippen MR) is 108 cm³/mol. The molecular weight excluding hydrogens is 360 g/mol. The molecule has 1 N–H and O–H groups in total. The van der Waals surface area contributed by atoms with Crippen molar-refractivity contribution in [2.75, 3.05) is 12.4 Å². The number of aromatic nitrogens is 1. The van der Waals surface area contributed by atoms with Crippen molar-refractivity contribution in [2.24, 2.45) is 0 Å². The van der Waals surface area contributed by atoms with Crippen molar-refractivity contribution >= 4 is 29.0 Å². The second-order valence-electron chi connectivity index (χ2n) is 5.73. The fourth-order valence-corrected chi connectivity index (χ4v) is 2.92. The largest absolute Gasteiger partial charge is 0.497 e. The second-order valence-corrected chi connectivity index (χ2v) is 6.66. The number of carbonyl (C=O) groups excluding carboxylic acids is 1. The van der Waals surface area contributed by atoms with Gasteiger partial charge in [0.2, 0.25) is 5.91 Å². The molecule has 0 atom stereocenters. The molecule has 0 fully saturated rings. The lowest BCUT2D eigenvalue weighted by atomic mass is 10.2. The molecule has 0 aliphatic carbocycles. The number of hydrogen-bond acceptors (Lipinski definition) is 5. The van der Waals surface area contributed by atoms with Gasteiger partial charge in [-0.05, 0) is 41.5 Å². The van der Waals surface area contributed by atoms with Gasteiger partial charge in [0, 0.05) is 23.3 Å². The lowest BCUT2D eigenvalue weighted by Gasteiger charge is -2.08. The van der Waals surface area contributed by atoms with Crippen molar-refractivity contribution in [3.8, 4) is 5.75 Å². The van der Waals surface area contributed by atoms with E-state index in [0.29, 0.717) is 13.2 Å². The van der Waals surface area contributed by atoms with Crippen molar-refractivity contribution < 1.29 is 14.3 Å². The fraction of sp³-hybridized carbons (Fsp3) is 0.143. The number of methoxy groups -OCH3 is 1. The van der Waals surface area contributed by atoms with Crippen LogP contribution in [0.25, 0.3) is 6.08 Å². The zero-order valence-electron chi connectivity index (χ0n) is 14.9. The molecule has 0 radical (unpaired) electrons. The smallest absolute Gasteiger partial charge is 0.248 e. The van der Waals surface area contributed by atoms with E-state index in [1.807, 2.05) is 53.9 Å². The highest BCUT2D eigenvalue weighted by atomic mass is 32.1. The van der Waals surface area contributed by atoms with E-state index >= 15 is 0 Å². The number of hydrogen-bond donors (Lipinski definition) is 1. The lowest BCUT2D eigenvalue weighted by Crippen LogP contribution is -2.08. The van der Waals surface area contributed by atoms with Crippen LogP contribution in [0.3, 0.4) is 0 Å². The molecule has 2 aromatic carbocycles. The molecule has 0 unspecified atom stereocenters. The summed E-state index contributed by atoms with van der Waals surface area (Å²) in [5.41, 5.74) is 2.80. The van der Waals surface area contributed by atoms with Crippen LogP contribution in [-0.4, -0.2) is 18.0 Å². The minimum absolute atomic E-state index is 0.193. The molecule has 1 aromatic heterocycles. The van der Waals surface area contributed by atoms with E-state index in [-0.39, 0.29) is 5.91 Å². The number of carbonyl (C=O) groups is 1. The van der Waals surface area contributed by atoms with Crippen LogP contribution in [0.15, 0.2) is 66.2 Å². The maximum atomic E-state index is 12.0. The van der Waals surface area contributed by atoms with Gasteiger partial charge in [-0.15, -0.1) is 11.3 Å². The van der Waals surface area contributed by atoms with Crippen LogP contribution >= 0.6 is 11.3 Å². The van der Waals surface area contributed by atoms with Gasteiger partial charge in [-0.25, -0.2) is 4.98 Å². The van der Waals surface area contributed by atoms with E-state index in [0.717, 1.165) is 27.6 Å². The SMILES string of the molecule is COc1ccc(COCc2cccc(NC(=O)/C=C/c3nccs3)c2)cc1. The van der Waals surface area contributed by atoms with Gasteiger partial charge in [-0.1, -0.05) is 24.3 Å². The molecule has 27 heavy (non-hydrogen) atoms. The predicted octanol–water partition coefficient (Wildman–Crippen LogP) is 4.52. The first-order valence-electron chi connectivity index (χ1n) is 8.41. The summed E-state index contributed by atoms with van der Waals surface area (Å²) in [6.45, 7) is 0.974. The molecule has 0 saturated heterocycles. The van der Waals surface area contributed by atoms with E-state index in [4.69, 9.17) is 9.47 Å². The third-order valence-electron chi connectivity index (χ3n) is 3.72. The Kier molecular flexibility index (Phi) is 6.73. The number of amides is 1. The Morgan fingerprint density at radius 3 is 2.70 bits per heavy atom. The molecule has 3 rings (SSSR count). The zero-order chi connectivity index (χ0) is 18.9. The van der Waals surface area contributed by atoms with E-state index < -0.39 is 0 Å². The Hall–Kier alpha value is -2.96. The molecule has 0 aliphatic rings. The van der Waals surface area contributed by atoms with Crippen LogP contribution in [0.2, 0.25) is 0 Å². The highest BCUT2D eigenvalue weighted by Crippen LogP contribution is 2.15. The third kappa shape index (κ3) is 6.06. The van der Waals surface area contributed by atoms with Gasteiger partial charge in [0.1, 0.15) is 10.8 Å². The monoisotopic (exact) mass is 380 g/mol. The van der Waals surface area contributed by atoms with Crippen LogP contribution in [0.5, 0.6) is 5.75 Å². The van der Waals surface area contributed by atoms with Crippen molar-refractivity contribution in [1.82, 2.24) is 4.98 Å². The Morgan fingerprint density at radius 1 is 1.15 bits per heavy atom. The number of nitrogens with zero attached hydrogens (tertiary/aromatic N) is 1. The van der Waals surface area contributed by atoms with Gasteiger partial charge in [0.15, 0.2) is 0 Å². The molecule has 0 aliphatic heterocycles. The molecule has 3 aromatic rings. The van der Waals surface area contributed by atoms with Crippen LogP contribution in [-0.2, 0) is 22.7 Å². The standard InChI is InChI=1S/C21H20N2O3S/c1-25-19-7-5-16(6-8-19)14-26-15-17-3-2-4-18(13-17)23-20(24)9-10-21-22-11-12-27-21/h2-13H,14-15H2,1H3,(H,23,24)/b10-9+. The molecule has 0 bridgehead atoms. The van der Waals surface area contributed by atoms with Gasteiger partial charge in [-0.2, -0.15) is 0 Å². The first-order chi connectivity index (χ1) is 13.2. The zero-order valence-corrected chi connectivity index (χ0v) is 15.7. The lowest BCUT2D eigenvalue weighted by molar-refractivity contribution is -0.111. The summed E-state index contributed by atoms with van der Waals surface area (Å²) in [7, 11) is 1.64. The van der Waals surface area contributed by atoms with Crippen molar-refractivity contribution in [1.29, 1.82) is 0 Å². The van der Waals surface area contributed by atoms with Gasteiger partial charge in [-0.3, -0.25) is 4.79 Å². The highest BCUT2D eigenvalue weighted by Gasteiger charge is 2.01. The molecule has 138 valence electrons. The van der Waals surface area contributed by atoms with Gasteiger partial charge < -0.3 is 14.8 Å². The summed E-state index contributed by atoms with van der Waals surface area (Å²) < 4.78 is 10.9. The molecule has 6 heteroatoms. The van der Waals surface area contributed by atoms with Crippen LogP contribution in [0.4, 0.5) is 5.69 Å². The van der Waals surface area contributed by atoms with Crippen LogP contribution in [0, 0.1) is 0 Å². The minimum Gasteiger partial charge on any atom is -0.497 e. The topological polar surface area (TPSA) is 60.5 Å². The van der Waals surface area contributed by atoms with E-state index in [1.54, 1.807) is 19.4 Å². The summed E-state index contributed by atoms with van der Waals surface area (Å²) in [5.74, 6) is 0.632. The number of anilines is 1. The maximum absolute atomic E-state index is 12.0. The summed E-state index contributed by atoms with van der Waals surface area (Å²) in [4.78, 5) is 16.1. The number of benzene rings is 2. The van der Waals surface area contributed by atoms with Crippen LogP contribution < -0.4 is 10.1 Å². The number of nitrogens with one attached hydrogen (secondary N) is 1. The van der Waals surface area contributed by atoms with E-state index in [9.17, 15) is 4.79 Å². The van der Waals surface area contributed by atoms with Crippen LogP contribution in [0.1, 0.15) is 16.1 Å². The fourth-order valence-electron chi connectivity index (χ4n) is 2.40. The van der Waals surface area contributed by atoms with Crippen molar-refractivity contribution in [3.63, 3.8) is 0 Å². The van der Waals surface area contributed by atoms with Gasteiger partial charge >= 0.3 is 0 Å². The molecule has 5 nitrogen and oxygen atoms in total. The highest BCUT2D eigenvalue weighted by molar-refractivity contribution is 7.10. The molecule has 1 heterocycles. The Balaban J connectivity index is 1.49. The van der Waals surface area contributed by atoms with Crippen molar-refractivity contribution in [3.05, 3.63) is 82.3 Å². The molecule has 0 saturated carbocycles. The molecule has 1 amide bonds. The summed E-state index contributed by atoms with van der Waals surface area (Å²) in [6.07, 6.45) is 4.88. The Labute approximate surface area is 162 Å². The number of ether oxygens (including phenoxy) is 2.